The number of allylic oxidation sites excluding steroid dienone is 1. The molecule has 1 aromatic heterocycles. The number of nitrogens with zero attached hydrogens (tertiary/aromatic N) is 4. The van der Waals surface area contributed by atoms with Gasteiger partial charge in [0.1, 0.15) is 0 Å². The Morgan fingerprint density at radius 2 is 1.88 bits per heavy atom. The monoisotopic (exact) mass is 483 g/mol. The van der Waals surface area contributed by atoms with Crippen LogP contribution in [0.2, 0.25) is 0 Å². The molecule has 0 saturated heterocycles. The average molecular weight is 484 g/mol. The molecule has 0 spiro atoms. The lowest BCUT2D eigenvalue weighted by molar-refractivity contribution is -0.384. The molecule has 10 nitrogen and oxygen atoms in total. The van der Waals surface area contributed by atoms with Crippen molar-refractivity contribution in [3.8, 4) is 11.5 Å². The number of aromatic nitrogens is 3. The van der Waals surface area contributed by atoms with Gasteiger partial charge in [0.15, 0.2) is 28.6 Å². The van der Waals surface area contributed by atoms with Crippen molar-refractivity contribution >= 4 is 29.0 Å². The number of amides is 1. The van der Waals surface area contributed by atoms with Crippen LogP contribution in [0.25, 0.3) is 0 Å². The summed E-state index contributed by atoms with van der Waals surface area (Å²) in [6, 6.07) is 13.0. The Morgan fingerprint density at radius 3 is 2.50 bits per heavy atom. The van der Waals surface area contributed by atoms with Gasteiger partial charge in [0, 0.05) is 24.4 Å². The van der Waals surface area contributed by atoms with Gasteiger partial charge < -0.3 is 14.8 Å². The van der Waals surface area contributed by atoms with Gasteiger partial charge in [0.05, 0.1) is 17.3 Å². The van der Waals surface area contributed by atoms with Crippen LogP contribution < -0.4 is 14.8 Å². The third-order valence-electron chi connectivity index (χ3n) is 4.79. The fourth-order valence-corrected chi connectivity index (χ4v) is 3.94. The molecule has 178 valence electrons. The standard InChI is InChI=1S/C23H25N5O5S/c1-5-14-27-21(15(2)33-20-9-7-6-8-19(20)32-4)25-26-23(27)34-16(3)22(29)24-17-10-12-18(13-11-17)28(30)31/h5-13,15-16H,1,14H2,2-4H3,(H,24,29). The first-order chi connectivity index (χ1) is 16.3. The van der Waals surface area contributed by atoms with E-state index in [0.717, 1.165) is 0 Å². The summed E-state index contributed by atoms with van der Waals surface area (Å²) >= 11 is 1.24. The van der Waals surface area contributed by atoms with Gasteiger partial charge in [-0.2, -0.15) is 0 Å². The molecule has 34 heavy (non-hydrogen) atoms. The zero-order valence-electron chi connectivity index (χ0n) is 19.0. The Hall–Kier alpha value is -3.86. The maximum absolute atomic E-state index is 12.7. The largest absolute Gasteiger partial charge is 0.493 e. The number of thioether (sulfide) groups is 1. The van der Waals surface area contributed by atoms with E-state index in [1.165, 1.54) is 36.0 Å². The average Bonchev–Trinajstić information content (AvgIpc) is 3.22. The van der Waals surface area contributed by atoms with Crippen LogP contribution in [0.1, 0.15) is 25.8 Å². The summed E-state index contributed by atoms with van der Waals surface area (Å²) in [5.74, 6) is 1.49. The molecule has 0 aliphatic rings. The summed E-state index contributed by atoms with van der Waals surface area (Å²) < 4.78 is 13.2. The number of hydrogen-bond acceptors (Lipinski definition) is 8. The third kappa shape index (κ3) is 5.93. The van der Waals surface area contributed by atoms with Crippen LogP contribution in [0.3, 0.4) is 0 Å². The summed E-state index contributed by atoms with van der Waals surface area (Å²) in [6.07, 6.45) is 1.27. The van der Waals surface area contributed by atoms with E-state index in [4.69, 9.17) is 9.47 Å². The lowest BCUT2D eigenvalue weighted by Gasteiger charge is -2.18. The highest BCUT2D eigenvalue weighted by molar-refractivity contribution is 8.00. The molecular weight excluding hydrogens is 458 g/mol. The van der Waals surface area contributed by atoms with Crippen LogP contribution in [0.5, 0.6) is 11.5 Å². The van der Waals surface area contributed by atoms with Crippen molar-refractivity contribution in [3.63, 3.8) is 0 Å². The molecule has 2 unspecified atom stereocenters. The first kappa shape index (κ1) is 24.8. The summed E-state index contributed by atoms with van der Waals surface area (Å²) in [5.41, 5.74) is 0.421. The fourth-order valence-electron chi connectivity index (χ4n) is 3.07. The maximum Gasteiger partial charge on any atom is 0.269 e. The van der Waals surface area contributed by atoms with Crippen molar-refractivity contribution in [2.24, 2.45) is 0 Å². The Bertz CT molecular complexity index is 1160. The number of hydrogen-bond donors (Lipinski definition) is 1. The molecule has 3 aromatic rings. The number of benzene rings is 2. The van der Waals surface area contributed by atoms with Gasteiger partial charge in [0.25, 0.3) is 5.69 Å². The smallest absolute Gasteiger partial charge is 0.269 e. The number of non-ortho nitro benzene ring substituents is 1. The summed E-state index contributed by atoms with van der Waals surface area (Å²) in [4.78, 5) is 23.0. The molecule has 0 aliphatic carbocycles. The van der Waals surface area contributed by atoms with E-state index in [1.54, 1.807) is 20.1 Å². The van der Waals surface area contributed by atoms with Crippen molar-refractivity contribution < 1.29 is 19.2 Å². The molecule has 11 heteroatoms. The van der Waals surface area contributed by atoms with Gasteiger partial charge in [-0.1, -0.05) is 30.0 Å². The van der Waals surface area contributed by atoms with Crippen molar-refractivity contribution in [2.75, 3.05) is 12.4 Å². The second kappa shape index (κ2) is 11.3. The van der Waals surface area contributed by atoms with E-state index in [1.807, 2.05) is 35.8 Å². The number of carbonyl (C=O) groups excluding carboxylic acids is 1. The number of rotatable bonds is 11. The van der Waals surface area contributed by atoms with Crippen LogP contribution in [0.15, 0.2) is 66.3 Å². The first-order valence-corrected chi connectivity index (χ1v) is 11.3. The lowest BCUT2D eigenvalue weighted by Crippen LogP contribution is -2.23. The van der Waals surface area contributed by atoms with Gasteiger partial charge in [-0.25, -0.2) is 0 Å². The minimum absolute atomic E-state index is 0.0464. The molecule has 0 fully saturated rings. The Kier molecular flexibility index (Phi) is 8.25. The number of nitro groups is 1. The fraction of sp³-hybridized carbons (Fsp3) is 0.261. The van der Waals surface area contributed by atoms with E-state index >= 15 is 0 Å². The van der Waals surface area contributed by atoms with Crippen LogP contribution in [0, 0.1) is 10.1 Å². The van der Waals surface area contributed by atoms with Crippen molar-refractivity contribution in [1.29, 1.82) is 0 Å². The van der Waals surface area contributed by atoms with Gasteiger partial charge >= 0.3 is 0 Å². The topological polar surface area (TPSA) is 121 Å². The van der Waals surface area contributed by atoms with Crippen LogP contribution in [-0.4, -0.2) is 38.0 Å². The summed E-state index contributed by atoms with van der Waals surface area (Å²) in [5, 5.41) is 22.1. The summed E-state index contributed by atoms with van der Waals surface area (Å²) in [7, 11) is 1.57. The highest BCUT2D eigenvalue weighted by Crippen LogP contribution is 2.32. The minimum Gasteiger partial charge on any atom is -0.493 e. The number of methoxy groups -OCH3 is 1. The highest BCUT2D eigenvalue weighted by Gasteiger charge is 2.24. The van der Waals surface area contributed by atoms with E-state index in [0.29, 0.717) is 34.7 Å². The first-order valence-electron chi connectivity index (χ1n) is 10.4. The number of nitrogens with one attached hydrogen (secondary N) is 1. The number of anilines is 1. The molecular formula is C23H25N5O5S. The van der Waals surface area contributed by atoms with E-state index in [9.17, 15) is 14.9 Å². The predicted octanol–water partition coefficient (Wildman–Crippen LogP) is 4.64. The molecule has 1 N–H and O–H groups in total. The lowest BCUT2D eigenvalue weighted by atomic mass is 10.3. The van der Waals surface area contributed by atoms with Crippen LogP contribution in [-0.2, 0) is 11.3 Å². The number of para-hydroxylation sites is 2. The Labute approximate surface area is 201 Å². The summed E-state index contributed by atoms with van der Waals surface area (Å²) in [6.45, 7) is 7.84. The van der Waals surface area contributed by atoms with E-state index in [2.05, 4.69) is 22.1 Å². The molecule has 2 aromatic carbocycles. The molecule has 0 saturated carbocycles. The van der Waals surface area contributed by atoms with E-state index < -0.39 is 16.3 Å². The third-order valence-corrected chi connectivity index (χ3v) is 5.87. The van der Waals surface area contributed by atoms with Crippen molar-refractivity contribution in [2.45, 2.75) is 36.9 Å². The zero-order valence-corrected chi connectivity index (χ0v) is 19.8. The minimum atomic E-state index is -0.513. The van der Waals surface area contributed by atoms with E-state index in [-0.39, 0.29) is 11.6 Å². The molecule has 0 radical (unpaired) electrons. The molecule has 1 heterocycles. The number of nitro benzene ring substituents is 1. The van der Waals surface area contributed by atoms with Crippen LogP contribution >= 0.6 is 11.8 Å². The van der Waals surface area contributed by atoms with Gasteiger partial charge in [0.2, 0.25) is 5.91 Å². The maximum atomic E-state index is 12.7. The molecule has 1 amide bonds. The molecule has 2 atom stereocenters. The normalized spacial score (nSPS) is 12.4. The molecule has 0 aliphatic heterocycles. The number of ether oxygens (including phenoxy) is 2. The number of carbonyl (C=O) groups is 1. The van der Waals surface area contributed by atoms with Crippen LogP contribution in [0.4, 0.5) is 11.4 Å². The zero-order chi connectivity index (χ0) is 24.7. The second-order valence-electron chi connectivity index (χ2n) is 7.20. The molecule has 0 bridgehead atoms. The van der Waals surface area contributed by atoms with Gasteiger partial charge in [-0.05, 0) is 38.1 Å². The second-order valence-corrected chi connectivity index (χ2v) is 8.51. The van der Waals surface area contributed by atoms with Gasteiger partial charge in [-0.15, -0.1) is 16.8 Å². The Morgan fingerprint density at radius 1 is 1.21 bits per heavy atom. The Balaban J connectivity index is 1.72. The van der Waals surface area contributed by atoms with Crippen molar-refractivity contribution in [3.05, 3.63) is 77.1 Å². The molecule has 3 rings (SSSR count). The SMILES string of the molecule is C=CCn1c(SC(C)C(=O)Nc2ccc([N+](=O)[O-])cc2)nnc1C(C)Oc1ccccc1OC. The van der Waals surface area contributed by atoms with Crippen molar-refractivity contribution in [1.82, 2.24) is 14.8 Å². The van der Waals surface area contributed by atoms with Gasteiger partial charge in [-0.3, -0.25) is 19.5 Å². The highest BCUT2D eigenvalue weighted by atomic mass is 32.2. The predicted molar refractivity (Wildman–Crippen MR) is 129 cm³/mol. The quantitative estimate of drug-likeness (QED) is 0.181.